The van der Waals surface area contributed by atoms with Gasteiger partial charge in [0.15, 0.2) is 0 Å². The molecule has 1 amide bonds. The molecule has 1 fully saturated rings. The summed E-state index contributed by atoms with van der Waals surface area (Å²) in [6.45, 7) is 3.85. The molecule has 0 aliphatic carbocycles. The molecule has 0 atom stereocenters. The molecule has 2 aromatic rings. The lowest BCUT2D eigenvalue weighted by Gasteiger charge is -2.35. The summed E-state index contributed by atoms with van der Waals surface area (Å²) in [4.78, 5) is 16.7. The normalized spacial score (nSPS) is 15.3. The van der Waals surface area contributed by atoms with Gasteiger partial charge in [-0.25, -0.2) is 0 Å². The van der Waals surface area contributed by atoms with Crippen molar-refractivity contribution in [3.63, 3.8) is 0 Å². The standard InChI is InChI=1S/C16H19N3OS/c17-12-13-3-5-14(6-4-13)16(20)19-9-7-18(8-10-19)15-2-1-11-21-15/h1-6,11H,7-10,12,17H2. The quantitative estimate of drug-likeness (QED) is 0.945. The predicted octanol–water partition coefficient (Wildman–Crippen LogP) is 2.17. The van der Waals surface area contributed by atoms with E-state index in [9.17, 15) is 4.79 Å². The van der Waals surface area contributed by atoms with Crippen LogP contribution in [0.1, 0.15) is 15.9 Å². The number of amides is 1. The Kier molecular flexibility index (Phi) is 4.22. The minimum Gasteiger partial charge on any atom is -0.360 e. The summed E-state index contributed by atoms with van der Waals surface area (Å²) in [6, 6.07) is 11.8. The van der Waals surface area contributed by atoms with Crippen molar-refractivity contribution in [3.05, 3.63) is 52.9 Å². The van der Waals surface area contributed by atoms with Crippen LogP contribution in [0.25, 0.3) is 0 Å². The Labute approximate surface area is 128 Å². The zero-order valence-electron chi connectivity index (χ0n) is 11.9. The second kappa shape index (κ2) is 6.28. The molecular formula is C16H19N3OS. The molecule has 0 unspecified atom stereocenters. The fourth-order valence-electron chi connectivity index (χ4n) is 2.55. The van der Waals surface area contributed by atoms with Crippen LogP contribution in [0, 0.1) is 0 Å². The average molecular weight is 301 g/mol. The largest absolute Gasteiger partial charge is 0.360 e. The summed E-state index contributed by atoms with van der Waals surface area (Å²) in [5, 5.41) is 3.38. The second-order valence-corrected chi connectivity index (χ2v) is 6.06. The Hall–Kier alpha value is -1.85. The Morgan fingerprint density at radius 1 is 1.10 bits per heavy atom. The Bertz CT molecular complexity index is 586. The van der Waals surface area contributed by atoms with Gasteiger partial charge in [-0.05, 0) is 35.2 Å². The van der Waals surface area contributed by atoms with Crippen molar-refractivity contribution in [1.82, 2.24) is 4.90 Å². The first kappa shape index (κ1) is 14.1. The van der Waals surface area contributed by atoms with Gasteiger partial charge in [0, 0.05) is 38.3 Å². The van der Waals surface area contributed by atoms with E-state index < -0.39 is 0 Å². The molecule has 2 heterocycles. The molecule has 0 radical (unpaired) electrons. The summed E-state index contributed by atoms with van der Waals surface area (Å²) in [5.41, 5.74) is 7.38. The van der Waals surface area contributed by atoms with Crippen LogP contribution in [-0.4, -0.2) is 37.0 Å². The van der Waals surface area contributed by atoms with Crippen LogP contribution in [-0.2, 0) is 6.54 Å². The summed E-state index contributed by atoms with van der Waals surface area (Å²) in [7, 11) is 0. The third-order valence-corrected chi connectivity index (χ3v) is 4.75. The van der Waals surface area contributed by atoms with Crippen molar-refractivity contribution in [1.29, 1.82) is 0 Å². The lowest BCUT2D eigenvalue weighted by Crippen LogP contribution is -2.48. The maximum Gasteiger partial charge on any atom is 0.253 e. The fourth-order valence-corrected chi connectivity index (χ4v) is 3.33. The van der Waals surface area contributed by atoms with Gasteiger partial charge in [0.25, 0.3) is 5.91 Å². The molecule has 0 saturated carbocycles. The van der Waals surface area contributed by atoms with E-state index in [0.29, 0.717) is 6.54 Å². The van der Waals surface area contributed by atoms with Gasteiger partial charge in [0.1, 0.15) is 0 Å². The van der Waals surface area contributed by atoms with E-state index in [2.05, 4.69) is 22.4 Å². The molecular weight excluding hydrogens is 282 g/mol. The number of nitrogens with zero attached hydrogens (tertiary/aromatic N) is 2. The van der Waals surface area contributed by atoms with Gasteiger partial charge < -0.3 is 15.5 Å². The third kappa shape index (κ3) is 3.09. The van der Waals surface area contributed by atoms with Crippen LogP contribution in [0.15, 0.2) is 41.8 Å². The number of piperazine rings is 1. The molecule has 0 bridgehead atoms. The van der Waals surface area contributed by atoms with Gasteiger partial charge in [-0.1, -0.05) is 12.1 Å². The van der Waals surface area contributed by atoms with E-state index in [-0.39, 0.29) is 5.91 Å². The molecule has 2 N–H and O–H groups in total. The zero-order valence-corrected chi connectivity index (χ0v) is 12.7. The Morgan fingerprint density at radius 3 is 2.38 bits per heavy atom. The summed E-state index contributed by atoms with van der Waals surface area (Å²) >= 11 is 1.75. The number of carbonyl (C=O) groups excluding carboxylic acids is 1. The number of thiophene rings is 1. The van der Waals surface area contributed by atoms with Crippen LogP contribution in [0.4, 0.5) is 5.00 Å². The highest BCUT2D eigenvalue weighted by Gasteiger charge is 2.22. The first-order chi connectivity index (χ1) is 10.3. The smallest absolute Gasteiger partial charge is 0.253 e. The zero-order chi connectivity index (χ0) is 14.7. The minimum absolute atomic E-state index is 0.115. The van der Waals surface area contributed by atoms with Crippen molar-refractivity contribution >= 4 is 22.2 Å². The van der Waals surface area contributed by atoms with Crippen molar-refractivity contribution in [2.45, 2.75) is 6.54 Å². The number of hydrogen-bond donors (Lipinski definition) is 1. The highest BCUT2D eigenvalue weighted by Crippen LogP contribution is 2.22. The molecule has 0 spiro atoms. The van der Waals surface area contributed by atoms with Crippen molar-refractivity contribution < 1.29 is 4.79 Å². The minimum atomic E-state index is 0.115. The van der Waals surface area contributed by atoms with Gasteiger partial charge in [-0.3, -0.25) is 4.79 Å². The number of hydrogen-bond acceptors (Lipinski definition) is 4. The highest BCUT2D eigenvalue weighted by atomic mass is 32.1. The second-order valence-electron chi connectivity index (χ2n) is 5.13. The lowest BCUT2D eigenvalue weighted by molar-refractivity contribution is 0.0747. The molecule has 1 aromatic heterocycles. The van der Waals surface area contributed by atoms with Crippen LogP contribution >= 0.6 is 11.3 Å². The van der Waals surface area contributed by atoms with E-state index in [1.165, 1.54) is 5.00 Å². The van der Waals surface area contributed by atoms with Crippen LogP contribution in [0.5, 0.6) is 0 Å². The molecule has 21 heavy (non-hydrogen) atoms. The van der Waals surface area contributed by atoms with Gasteiger partial charge in [0.05, 0.1) is 5.00 Å². The summed E-state index contributed by atoms with van der Waals surface area (Å²) in [6.07, 6.45) is 0. The number of benzene rings is 1. The number of carbonyl (C=O) groups is 1. The molecule has 1 aliphatic rings. The van der Waals surface area contributed by atoms with Gasteiger partial charge in [-0.2, -0.15) is 0 Å². The average Bonchev–Trinajstić information content (AvgIpc) is 3.09. The molecule has 1 saturated heterocycles. The molecule has 1 aromatic carbocycles. The van der Waals surface area contributed by atoms with Gasteiger partial charge >= 0.3 is 0 Å². The van der Waals surface area contributed by atoms with E-state index in [1.54, 1.807) is 11.3 Å². The van der Waals surface area contributed by atoms with Crippen molar-refractivity contribution in [3.8, 4) is 0 Å². The van der Waals surface area contributed by atoms with Crippen molar-refractivity contribution in [2.75, 3.05) is 31.1 Å². The summed E-state index contributed by atoms with van der Waals surface area (Å²) < 4.78 is 0. The Balaban J connectivity index is 1.62. The predicted molar refractivity (Wildman–Crippen MR) is 86.8 cm³/mol. The third-order valence-electron chi connectivity index (χ3n) is 3.82. The number of nitrogens with two attached hydrogens (primary N) is 1. The molecule has 1 aliphatic heterocycles. The SMILES string of the molecule is NCc1ccc(C(=O)N2CCN(c3cccs3)CC2)cc1. The van der Waals surface area contributed by atoms with Crippen LogP contribution < -0.4 is 10.6 Å². The van der Waals surface area contributed by atoms with Gasteiger partial charge in [0.2, 0.25) is 0 Å². The number of rotatable bonds is 3. The first-order valence-corrected chi connectivity index (χ1v) is 8.02. The molecule has 110 valence electrons. The first-order valence-electron chi connectivity index (χ1n) is 7.14. The van der Waals surface area contributed by atoms with E-state index in [4.69, 9.17) is 5.73 Å². The van der Waals surface area contributed by atoms with E-state index in [1.807, 2.05) is 29.2 Å². The number of anilines is 1. The van der Waals surface area contributed by atoms with E-state index >= 15 is 0 Å². The monoisotopic (exact) mass is 301 g/mol. The Morgan fingerprint density at radius 2 is 1.81 bits per heavy atom. The maximum absolute atomic E-state index is 12.5. The fraction of sp³-hybridized carbons (Fsp3) is 0.312. The van der Waals surface area contributed by atoms with Gasteiger partial charge in [-0.15, -0.1) is 11.3 Å². The maximum atomic E-state index is 12.5. The van der Waals surface area contributed by atoms with E-state index in [0.717, 1.165) is 37.3 Å². The lowest BCUT2D eigenvalue weighted by atomic mass is 10.1. The topological polar surface area (TPSA) is 49.6 Å². The molecule has 3 rings (SSSR count). The molecule has 5 heteroatoms. The van der Waals surface area contributed by atoms with Crippen LogP contribution in [0.3, 0.4) is 0 Å². The molecule has 4 nitrogen and oxygen atoms in total. The van der Waals surface area contributed by atoms with Crippen LogP contribution in [0.2, 0.25) is 0 Å². The summed E-state index contributed by atoms with van der Waals surface area (Å²) in [5.74, 6) is 0.115. The van der Waals surface area contributed by atoms with Crippen molar-refractivity contribution in [2.24, 2.45) is 5.73 Å². The highest BCUT2D eigenvalue weighted by molar-refractivity contribution is 7.14.